The van der Waals surface area contributed by atoms with Crippen LogP contribution < -0.4 is 11.2 Å². The molecule has 0 fully saturated rings. The number of nitrogens with zero attached hydrogens (tertiary/aromatic N) is 5. The highest BCUT2D eigenvalue weighted by Crippen LogP contribution is 2.16. The topological polar surface area (TPSA) is 105 Å². The third kappa shape index (κ3) is 3.41. The molecular formula is C19H19N5O4. The smallest absolute Gasteiger partial charge is 0.288 e. The van der Waals surface area contributed by atoms with Crippen LogP contribution in [0.15, 0.2) is 52.3 Å². The number of nitro groups is 1. The molecule has 2 heterocycles. The largest absolute Gasteiger partial charge is 0.357 e. The zero-order valence-corrected chi connectivity index (χ0v) is 15.5. The second-order valence-electron chi connectivity index (χ2n) is 5.95. The van der Waals surface area contributed by atoms with Gasteiger partial charge in [-0.1, -0.05) is 18.2 Å². The number of hydrogen-bond donors (Lipinski definition) is 0. The first kappa shape index (κ1) is 19.0. The zero-order valence-electron chi connectivity index (χ0n) is 15.5. The minimum Gasteiger partial charge on any atom is -0.288 e. The maximum atomic E-state index is 12.5. The molecule has 0 radical (unpaired) electrons. The molecule has 3 aromatic rings. The lowest BCUT2D eigenvalue weighted by molar-refractivity contribution is -0.387. The van der Waals surface area contributed by atoms with Gasteiger partial charge in [0.1, 0.15) is 5.69 Å². The van der Waals surface area contributed by atoms with Gasteiger partial charge in [0.15, 0.2) is 0 Å². The summed E-state index contributed by atoms with van der Waals surface area (Å²) < 4.78 is 3.75. The number of hydrogen-bond acceptors (Lipinski definition) is 5. The standard InChI is InChI=1S/C19H19N5O4/c1-3-21-16(17(24(27)28)18(25)22(4-2)19(21)26)11-10-14-12-20-23(13-14)15-8-6-5-7-9-15/h5-13H,3-4H2,1-2H3/b11-10+. The maximum Gasteiger partial charge on any atom is 0.357 e. The fourth-order valence-electron chi connectivity index (χ4n) is 2.95. The van der Waals surface area contributed by atoms with Gasteiger partial charge in [0.05, 0.1) is 16.8 Å². The number of benzene rings is 1. The van der Waals surface area contributed by atoms with Crippen LogP contribution in [-0.4, -0.2) is 23.8 Å². The summed E-state index contributed by atoms with van der Waals surface area (Å²) in [5, 5.41) is 15.8. The summed E-state index contributed by atoms with van der Waals surface area (Å²) >= 11 is 0. The van der Waals surface area contributed by atoms with Crippen molar-refractivity contribution in [2.24, 2.45) is 0 Å². The van der Waals surface area contributed by atoms with Crippen LogP contribution in [0.1, 0.15) is 25.1 Å². The molecule has 0 aliphatic carbocycles. The van der Waals surface area contributed by atoms with E-state index >= 15 is 0 Å². The van der Waals surface area contributed by atoms with Crippen molar-refractivity contribution in [3.05, 3.63) is 84.9 Å². The lowest BCUT2D eigenvalue weighted by atomic mass is 10.2. The zero-order chi connectivity index (χ0) is 20.3. The van der Waals surface area contributed by atoms with Crippen LogP contribution in [0.25, 0.3) is 17.8 Å². The Bertz CT molecular complexity index is 1160. The third-order valence-corrected chi connectivity index (χ3v) is 4.31. The lowest BCUT2D eigenvalue weighted by Gasteiger charge is -2.11. The summed E-state index contributed by atoms with van der Waals surface area (Å²) in [6.07, 6.45) is 6.35. The molecule has 144 valence electrons. The first-order valence-corrected chi connectivity index (χ1v) is 8.78. The van der Waals surface area contributed by atoms with Crippen molar-refractivity contribution in [1.82, 2.24) is 18.9 Å². The quantitative estimate of drug-likeness (QED) is 0.481. The van der Waals surface area contributed by atoms with Crippen molar-refractivity contribution < 1.29 is 4.92 Å². The monoisotopic (exact) mass is 381 g/mol. The number of para-hydroxylation sites is 1. The maximum absolute atomic E-state index is 12.5. The highest BCUT2D eigenvalue weighted by atomic mass is 16.6. The van der Waals surface area contributed by atoms with E-state index in [1.807, 2.05) is 30.3 Å². The molecule has 2 aromatic heterocycles. The number of rotatable bonds is 6. The molecular weight excluding hydrogens is 362 g/mol. The Balaban J connectivity index is 2.09. The molecule has 0 aliphatic rings. The van der Waals surface area contributed by atoms with Crippen molar-refractivity contribution in [2.45, 2.75) is 26.9 Å². The molecule has 0 spiro atoms. The van der Waals surface area contributed by atoms with Gasteiger partial charge >= 0.3 is 16.9 Å². The molecule has 9 nitrogen and oxygen atoms in total. The highest BCUT2D eigenvalue weighted by Gasteiger charge is 2.25. The summed E-state index contributed by atoms with van der Waals surface area (Å²) in [4.78, 5) is 35.7. The summed E-state index contributed by atoms with van der Waals surface area (Å²) in [5.74, 6) is 0. The van der Waals surface area contributed by atoms with Crippen LogP contribution in [0.5, 0.6) is 0 Å². The molecule has 3 rings (SSSR count). The molecule has 0 atom stereocenters. The van der Waals surface area contributed by atoms with Gasteiger partial charge in [0.25, 0.3) is 0 Å². The van der Waals surface area contributed by atoms with Crippen LogP contribution in [0.3, 0.4) is 0 Å². The van der Waals surface area contributed by atoms with Crippen molar-refractivity contribution in [2.75, 3.05) is 0 Å². The Morgan fingerprint density at radius 1 is 1.07 bits per heavy atom. The van der Waals surface area contributed by atoms with Crippen LogP contribution >= 0.6 is 0 Å². The first-order chi connectivity index (χ1) is 13.5. The van der Waals surface area contributed by atoms with E-state index in [0.717, 1.165) is 10.3 Å². The Hall–Kier alpha value is -3.75. The second-order valence-corrected chi connectivity index (χ2v) is 5.95. The van der Waals surface area contributed by atoms with Gasteiger partial charge in [-0.2, -0.15) is 5.10 Å². The molecule has 28 heavy (non-hydrogen) atoms. The molecule has 0 unspecified atom stereocenters. The van der Waals surface area contributed by atoms with Crippen molar-refractivity contribution in [3.63, 3.8) is 0 Å². The molecule has 9 heteroatoms. The van der Waals surface area contributed by atoms with E-state index in [2.05, 4.69) is 5.10 Å². The minimum atomic E-state index is -0.901. The van der Waals surface area contributed by atoms with E-state index in [9.17, 15) is 19.7 Å². The van der Waals surface area contributed by atoms with Crippen LogP contribution in [0.2, 0.25) is 0 Å². The van der Waals surface area contributed by atoms with E-state index in [-0.39, 0.29) is 18.8 Å². The van der Waals surface area contributed by atoms with Gasteiger partial charge in [-0.15, -0.1) is 0 Å². The van der Waals surface area contributed by atoms with E-state index in [1.54, 1.807) is 37.0 Å². The highest BCUT2D eigenvalue weighted by molar-refractivity contribution is 5.71. The van der Waals surface area contributed by atoms with Crippen LogP contribution in [-0.2, 0) is 13.1 Å². The summed E-state index contributed by atoms with van der Waals surface area (Å²) in [6.45, 7) is 3.55. The molecule has 0 saturated carbocycles. The second kappa shape index (κ2) is 7.87. The molecule has 0 amide bonds. The van der Waals surface area contributed by atoms with Gasteiger partial charge < -0.3 is 0 Å². The van der Waals surface area contributed by atoms with E-state index in [1.165, 1.54) is 10.6 Å². The molecule has 0 N–H and O–H groups in total. The molecule has 0 bridgehead atoms. The average molecular weight is 381 g/mol. The fourth-order valence-corrected chi connectivity index (χ4v) is 2.95. The Morgan fingerprint density at radius 2 is 1.75 bits per heavy atom. The molecule has 0 saturated heterocycles. The van der Waals surface area contributed by atoms with Gasteiger partial charge in [0, 0.05) is 24.8 Å². The molecule has 1 aromatic carbocycles. The van der Waals surface area contributed by atoms with Crippen molar-refractivity contribution in [3.8, 4) is 5.69 Å². The summed E-state index contributed by atoms with van der Waals surface area (Å²) in [5.41, 5.74) is -0.575. The Kier molecular flexibility index (Phi) is 5.35. The van der Waals surface area contributed by atoms with Crippen LogP contribution in [0.4, 0.5) is 5.69 Å². The van der Waals surface area contributed by atoms with E-state index in [0.29, 0.717) is 5.56 Å². The van der Waals surface area contributed by atoms with Gasteiger partial charge in [-0.25, -0.2) is 9.48 Å². The third-order valence-electron chi connectivity index (χ3n) is 4.31. The van der Waals surface area contributed by atoms with Gasteiger partial charge in [-0.05, 0) is 38.1 Å². The van der Waals surface area contributed by atoms with Gasteiger partial charge in [-0.3, -0.25) is 24.0 Å². The van der Waals surface area contributed by atoms with Gasteiger partial charge in [0.2, 0.25) is 0 Å². The van der Waals surface area contributed by atoms with Crippen molar-refractivity contribution >= 4 is 17.8 Å². The Morgan fingerprint density at radius 3 is 2.36 bits per heavy atom. The van der Waals surface area contributed by atoms with Crippen LogP contribution in [0, 0.1) is 10.1 Å². The normalized spacial score (nSPS) is 11.2. The fraction of sp³-hybridized carbons (Fsp3) is 0.211. The van der Waals surface area contributed by atoms with E-state index < -0.39 is 21.9 Å². The average Bonchev–Trinajstić information content (AvgIpc) is 3.16. The predicted molar refractivity (Wildman–Crippen MR) is 105 cm³/mol. The van der Waals surface area contributed by atoms with E-state index in [4.69, 9.17) is 0 Å². The summed E-state index contributed by atoms with van der Waals surface area (Å²) in [7, 11) is 0. The first-order valence-electron chi connectivity index (χ1n) is 8.78. The SMILES string of the molecule is CCn1c(/C=C/c2cnn(-c3ccccc3)c2)c([N+](=O)[O-])c(=O)n(CC)c1=O. The number of aromatic nitrogens is 4. The van der Waals surface area contributed by atoms with Crippen molar-refractivity contribution in [1.29, 1.82) is 0 Å². The lowest BCUT2D eigenvalue weighted by Crippen LogP contribution is -2.41. The Labute approximate surface area is 159 Å². The molecule has 0 aliphatic heterocycles. The predicted octanol–water partition coefficient (Wildman–Crippen LogP) is 2.31. The summed E-state index contributed by atoms with van der Waals surface area (Å²) in [6, 6.07) is 9.46. The minimum absolute atomic E-state index is 0.0281.